The SMILES string of the molecule is CCO[Si](C)(C)CCCC1CCCCC1. The summed E-state index contributed by atoms with van der Waals surface area (Å²) in [5.41, 5.74) is 0. The molecule has 1 fully saturated rings. The fourth-order valence-corrected chi connectivity index (χ4v) is 4.74. The zero-order chi connectivity index (χ0) is 11.1. The van der Waals surface area contributed by atoms with Crippen molar-refractivity contribution in [2.75, 3.05) is 6.61 Å². The zero-order valence-corrected chi connectivity index (χ0v) is 11.8. The Balaban J connectivity index is 2.09. The van der Waals surface area contributed by atoms with Crippen LogP contribution in [0.4, 0.5) is 0 Å². The van der Waals surface area contributed by atoms with Crippen LogP contribution in [0.25, 0.3) is 0 Å². The van der Waals surface area contributed by atoms with E-state index >= 15 is 0 Å². The fraction of sp³-hybridized carbons (Fsp3) is 1.00. The first-order valence-corrected chi connectivity index (χ1v) is 9.89. The zero-order valence-electron chi connectivity index (χ0n) is 10.8. The maximum absolute atomic E-state index is 5.86. The van der Waals surface area contributed by atoms with E-state index < -0.39 is 8.32 Å². The molecule has 1 saturated carbocycles. The Bertz CT molecular complexity index is 162. The molecule has 2 heteroatoms. The van der Waals surface area contributed by atoms with Gasteiger partial charge in [-0.15, -0.1) is 0 Å². The standard InChI is InChI=1S/C13H28OSi/c1-4-14-15(2,3)12-8-11-13-9-6-5-7-10-13/h13H,4-12H2,1-3H3. The third-order valence-electron chi connectivity index (χ3n) is 3.65. The summed E-state index contributed by atoms with van der Waals surface area (Å²) in [4.78, 5) is 0. The molecule has 0 unspecified atom stereocenters. The molecule has 0 amide bonds. The minimum Gasteiger partial charge on any atom is -0.418 e. The van der Waals surface area contributed by atoms with Crippen molar-refractivity contribution >= 4 is 8.32 Å². The lowest BCUT2D eigenvalue weighted by atomic mass is 9.86. The molecule has 0 spiro atoms. The molecule has 15 heavy (non-hydrogen) atoms. The van der Waals surface area contributed by atoms with E-state index in [1.807, 2.05) is 0 Å². The van der Waals surface area contributed by atoms with Crippen LogP contribution in [0.5, 0.6) is 0 Å². The molecule has 0 aromatic rings. The van der Waals surface area contributed by atoms with Gasteiger partial charge >= 0.3 is 0 Å². The van der Waals surface area contributed by atoms with E-state index in [-0.39, 0.29) is 0 Å². The van der Waals surface area contributed by atoms with Crippen LogP contribution in [0.1, 0.15) is 51.9 Å². The molecule has 0 aliphatic heterocycles. The Kier molecular flexibility index (Phi) is 5.91. The maximum Gasteiger partial charge on any atom is 0.186 e. The molecule has 0 N–H and O–H groups in total. The molecule has 1 aliphatic rings. The Morgan fingerprint density at radius 3 is 2.40 bits per heavy atom. The summed E-state index contributed by atoms with van der Waals surface area (Å²) in [5, 5.41) is 0. The molecular weight excluding hydrogens is 200 g/mol. The Hall–Kier alpha value is 0.177. The Morgan fingerprint density at radius 2 is 1.80 bits per heavy atom. The van der Waals surface area contributed by atoms with Crippen molar-refractivity contribution < 1.29 is 4.43 Å². The summed E-state index contributed by atoms with van der Waals surface area (Å²) in [5.74, 6) is 1.05. The molecule has 0 aromatic carbocycles. The average molecular weight is 228 g/mol. The van der Waals surface area contributed by atoms with Crippen molar-refractivity contribution in [1.29, 1.82) is 0 Å². The van der Waals surface area contributed by atoms with E-state index in [1.165, 1.54) is 51.0 Å². The van der Waals surface area contributed by atoms with Crippen LogP contribution in [0.2, 0.25) is 19.1 Å². The second-order valence-corrected chi connectivity index (χ2v) is 9.90. The summed E-state index contributed by atoms with van der Waals surface area (Å²) in [6, 6.07) is 1.36. The molecule has 0 bridgehead atoms. The van der Waals surface area contributed by atoms with Gasteiger partial charge in [-0.05, 0) is 32.0 Å². The second-order valence-electron chi connectivity index (χ2n) is 5.59. The first-order valence-electron chi connectivity index (χ1n) is 6.78. The minimum absolute atomic E-state index is 0.905. The number of hydrogen-bond acceptors (Lipinski definition) is 1. The van der Waals surface area contributed by atoms with Crippen molar-refractivity contribution in [3.63, 3.8) is 0 Å². The van der Waals surface area contributed by atoms with Gasteiger partial charge in [0.2, 0.25) is 0 Å². The average Bonchev–Trinajstić information content (AvgIpc) is 2.19. The monoisotopic (exact) mass is 228 g/mol. The summed E-state index contributed by atoms with van der Waals surface area (Å²) in [7, 11) is -1.29. The molecule has 0 heterocycles. The smallest absolute Gasteiger partial charge is 0.186 e. The number of hydrogen-bond donors (Lipinski definition) is 0. The first kappa shape index (κ1) is 13.2. The molecule has 1 aliphatic carbocycles. The molecule has 1 rings (SSSR count). The van der Waals surface area contributed by atoms with E-state index in [1.54, 1.807) is 0 Å². The van der Waals surface area contributed by atoms with Gasteiger partial charge in [0.05, 0.1) is 0 Å². The van der Waals surface area contributed by atoms with Gasteiger partial charge in [0.15, 0.2) is 8.32 Å². The van der Waals surface area contributed by atoms with E-state index in [2.05, 4.69) is 20.0 Å². The van der Waals surface area contributed by atoms with Crippen molar-refractivity contribution in [2.45, 2.75) is 71.0 Å². The van der Waals surface area contributed by atoms with Gasteiger partial charge in [0.25, 0.3) is 0 Å². The van der Waals surface area contributed by atoms with Gasteiger partial charge in [0.1, 0.15) is 0 Å². The van der Waals surface area contributed by atoms with Crippen LogP contribution < -0.4 is 0 Å². The first-order chi connectivity index (χ1) is 7.14. The van der Waals surface area contributed by atoms with E-state index in [4.69, 9.17) is 4.43 Å². The van der Waals surface area contributed by atoms with E-state index in [0.717, 1.165) is 12.5 Å². The van der Waals surface area contributed by atoms with Crippen molar-refractivity contribution in [2.24, 2.45) is 5.92 Å². The van der Waals surface area contributed by atoms with Crippen LogP contribution in [0, 0.1) is 5.92 Å². The summed E-state index contributed by atoms with van der Waals surface area (Å²) in [6.07, 6.45) is 10.3. The highest BCUT2D eigenvalue weighted by Crippen LogP contribution is 2.29. The van der Waals surface area contributed by atoms with Gasteiger partial charge in [-0.25, -0.2) is 0 Å². The van der Waals surface area contributed by atoms with Gasteiger partial charge in [-0.3, -0.25) is 0 Å². The predicted molar refractivity (Wildman–Crippen MR) is 69.7 cm³/mol. The van der Waals surface area contributed by atoms with Crippen LogP contribution in [0.3, 0.4) is 0 Å². The van der Waals surface area contributed by atoms with E-state index in [0.29, 0.717) is 0 Å². The molecule has 0 aromatic heterocycles. The Morgan fingerprint density at radius 1 is 1.13 bits per heavy atom. The van der Waals surface area contributed by atoms with Gasteiger partial charge < -0.3 is 4.43 Å². The largest absolute Gasteiger partial charge is 0.418 e. The lowest BCUT2D eigenvalue weighted by Gasteiger charge is -2.25. The predicted octanol–water partition coefficient (Wildman–Crippen LogP) is 4.59. The van der Waals surface area contributed by atoms with Gasteiger partial charge in [-0.1, -0.05) is 44.9 Å². The minimum atomic E-state index is -1.29. The van der Waals surface area contributed by atoms with Crippen LogP contribution in [0.15, 0.2) is 0 Å². The quantitative estimate of drug-likeness (QED) is 0.604. The van der Waals surface area contributed by atoms with Gasteiger partial charge in [-0.2, -0.15) is 0 Å². The highest BCUT2D eigenvalue weighted by Gasteiger charge is 2.22. The van der Waals surface area contributed by atoms with Crippen LogP contribution in [-0.4, -0.2) is 14.9 Å². The highest BCUT2D eigenvalue weighted by atomic mass is 28.4. The molecule has 90 valence electrons. The number of rotatable bonds is 6. The maximum atomic E-state index is 5.86. The van der Waals surface area contributed by atoms with Crippen LogP contribution >= 0.6 is 0 Å². The highest BCUT2D eigenvalue weighted by molar-refractivity contribution is 6.71. The van der Waals surface area contributed by atoms with Crippen molar-refractivity contribution in [1.82, 2.24) is 0 Å². The van der Waals surface area contributed by atoms with Gasteiger partial charge in [0, 0.05) is 6.61 Å². The topological polar surface area (TPSA) is 9.23 Å². The second kappa shape index (κ2) is 6.69. The van der Waals surface area contributed by atoms with E-state index in [9.17, 15) is 0 Å². The summed E-state index contributed by atoms with van der Waals surface area (Å²) >= 11 is 0. The Labute approximate surface area is 96.7 Å². The molecule has 0 radical (unpaired) electrons. The lowest BCUT2D eigenvalue weighted by Crippen LogP contribution is -2.30. The molecule has 0 atom stereocenters. The van der Waals surface area contributed by atoms with Crippen LogP contribution in [-0.2, 0) is 4.43 Å². The molecule has 0 saturated heterocycles. The lowest BCUT2D eigenvalue weighted by molar-refractivity contribution is 0.316. The summed E-state index contributed by atoms with van der Waals surface area (Å²) in [6.45, 7) is 7.74. The van der Waals surface area contributed by atoms with Crippen molar-refractivity contribution in [3.05, 3.63) is 0 Å². The molecular formula is C13H28OSi. The summed E-state index contributed by atoms with van der Waals surface area (Å²) < 4.78 is 5.86. The molecule has 1 nitrogen and oxygen atoms in total. The third-order valence-corrected chi connectivity index (χ3v) is 6.28. The van der Waals surface area contributed by atoms with Crippen molar-refractivity contribution in [3.8, 4) is 0 Å². The fourth-order valence-electron chi connectivity index (χ4n) is 2.76. The normalized spacial score (nSPS) is 19.4. The third kappa shape index (κ3) is 5.72.